The number of aryl methyl sites for hydroxylation is 1. The number of nitrogens with one attached hydrogen (secondary N) is 2. The summed E-state index contributed by atoms with van der Waals surface area (Å²) in [6.45, 7) is 1.47. The highest BCUT2D eigenvalue weighted by molar-refractivity contribution is 5.91. The Morgan fingerprint density at radius 3 is 2.69 bits per heavy atom. The van der Waals surface area contributed by atoms with Crippen molar-refractivity contribution in [2.75, 3.05) is 11.9 Å². The van der Waals surface area contributed by atoms with Crippen LogP contribution >= 0.6 is 0 Å². The number of aromatic nitrogens is 3. The van der Waals surface area contributed by atoms with Crippen LogP contribution in [0.25, 0.3) is 22.4 Å². The number of oxazole rings is 1. The Kier molecular flexibility index (Phi) is 5.46. The Morgan fingerprint density at radius 1 is 1.22 bits per heavy atom. The molecule has 2 saturated heterocycles. The van der Waals surface area contributed by atoms with Gasteiger partial charge in [0.05, 0.1) is 18.3 Å². The van der Waals surface area contributed by atoms with Gasteiger partial charge in [-0.1, -0.05) is 0 Å². The van der Waals surface area contributed by atoms with Crippen LogP contribution in [0, 0.1) is 6.92 Å². The van der Waals surface area contributed by atoms with E-state index in [0.717, 1.165) is 18.2 Å². The second kappa shape index (κ2) is 8.42. The van der Waals surface area contributed by atoms with Gasteiger partial charge in [-0.15, -0.1) is 0 Å². The number of carbonyl (C=O) groups is 1. The highest BCUT2D eigenvalue weighted by Crippen LogP contribution is 2.36. The number of nitrogens with zero attached hydrogens (tertiary/aromatic N) is 4. The van der Waals surface area contributed by atoms with Crippen molar-refractivity contribution in [1.82, 2.24) is 25.2 Å². The normalized spacial score (nSPS) is 22.6. The minimum atomic E-state index is -2.37. The Hall–Kier alpha value is -3.14. The molecule has 168 valence electrons. The number of rotatable bonds is 5. The Morgan fingerprint density at radius 2 is 2.00 bits per heavy atom. The molecule has 8 nitrogen and oxygen atoms in total. The molecule has 0 saturated carbocycles. The summed E-state index contributed by atoms with van der Waals surface area (Å²) >= 11 is 0. The monoisotopic (exact) mass is 442 g/mol. The van der Waals surface area contributed by atoms with Crippen LogP contribution < -0.4 is 10.6 Å². The summed E-state index contributed by atoms with van der Waals surface area (Å²) < 4.78 is 30.6. The summed E-state index contributed by atoms with van der Waals surface area (Å²) in [6.07, 6.45) is 4.07. The van der Waals surface area contributed by atoms with Crippen molar-refractivity contribution < 1.29 is 18.0 Å². The molecule has 0 spiro atoms. The summed E-state index contributed by atoms with van der Waals surface area (Å²) in [7, 11) is 0. The van der Waals surface area contributed by atoms with E-state index in [0.29, 0.717) is 41.5 Å². The van der Waals surface area contributed by atoms with Crippen LogP contribution in [0.4, 0.5) is 19.4 Å². The number of hydrogen-bond acceptors (Lipinski definition) is 6. The maximum Gasteiger partial charge on any atom is 0.323 e. The van der Waals surface area contributed by atoms with Crippen molar-refractivity contribution in [2.45, 2.75) is 57.2 Å². The van der Waals surface area contributed by atoms with E-state index < -0.39 is 6.43 Å². The molecule has 0 unspecified atom stereocenters. The third kappa shape index (κ3) is 4.14. The molecule has 2 aliphatic heterocycles. The lowest BCUT2D eigenvalue weighted by Gasteiger charge is -2.39. The number of urea groups is 1. The molecular weight excluding hydrogens is 418 g/mol. The van der Waals surface area contributed by atoms with Gasteiger partial charge in [0.15, 0.2) is 11.7 Å². The van der Waals surface area contributed by atoms with Gasteiger partial charge in [0.1, 0.15) is 11.5 Å². The molecule has 3 atom stereocenters. The predicted octanol–water partition coefficient (Wildman–Crippen LogP) is 3.98. The number of amides is 2. The van der Waals surface area contributed by atoms with E-state index in [1.54, 1.807) is 25.4 Å². The topological polar surface area (TPSA) is 96.2 Å². The van der Waals surface area contributed by atoms with E-state index in [1.807, 2.05) is 17.0 Å². The quantitative estimate of drug-likeness (QED) is 0.621. The van der Waals surface area contributed by atoms with Crippen LogP contribution in [-0.4, -0.2) is 57.0 Å². The fraction of sp³-hybridized carbons (Fsp3) is 0.455. The molecule has 5 rings (SSSR count). The summed E-state index contributed by atoms with van der Waals surface area (Å²) in [6, 6.07) is 5.37. The average molecular weight is 442 g/mol. The van der Waals surface area contributed by atoms with Crippen LogP contribution in [0.3, 0.4) is 0 Å². The van der Waals surface area contributed by atoms with Gasteiger partial charge in [-0.25, -0.2) is 28.5 Å². The summed E-state index contributed by atoms with van der Waals surface area (Å²) in [5, 5.41) is 6.66. The lowest BCUT2D eigenvalue weighted by molar-refractivity contribution is 0.115. The van der Waals surface area contributed by atoms with Crippen LogP contribution in [0.15, 0.2) is 35.0 Å². The molecule has 0 aliphatic carbocycles. The first-order valence-electron chi connectivity index (χ1n) is 10.8. The smallest absolute Gasteiger partial charge is 0.323 e. The zero-order valence-electron chi connectivity index (χ0n) is 17.6. The second-order valence-electron chi connectivity index (χ2n) is 8.39. The molecule has 0 radical (unpaired) electrons. The van der Waals surface area contributed by atoms with Gasteiger partial charge in [0, 0.05) is 42.7 Å². The Balaban J connectivity index is 1.29. The molecule has 0 aromatic carbocycles. The summed E-state index contributed by atoms with van der Waals surface area (Å²) in [4.78, 5) is 27.9. The van der Waals surface area contributed by atoms with Crippen molar-refractivity contribution in [3.8, 4) is 11.5 Å². The first-order valence-corrected chi connectivity index (χ1v) is 10.8. The highest BCUT2D eigenvalue weighted by Gasteiger charge is 2.43. The zero-order valence-corrected chi connectivity index (χ0v) is 17.6. The fourth-order valence-electron chi connectivity index (χ4n) is 4.81. The number of pyridine rings is 2. The second-order valence-corrected chi connectivity index (χ2v) is 8.39. The van der Waals surface area contributed by atoms with Gasteiger partial charge >= 0.3 is 6.03 Å². The van der Waals surface area contributed by atoms with E-state index in [9.17, 15) is 13.6 Å². The number of halogens is 2. The number of piperidine rings is 1. The van der Waals surface area contributed by atoms with Crippen molar-refractivity contribution in [1.29, 1.82) is 0 Å². The SMILES string of the molecule is Cc1ncc(-c2ccc3cnc(NC(=O)N4[C@@H]5CC[C@H]4C[C@H](NCC(F)F)C5)cc3n2)o1. The Labute approximate surface area is 183 Å². The molecule has 2 amide bonds. The van der Waals surface area contributed by atoms with Crippen LogP contribution in [0.1, 0.15) is 31.6 Å². The van der Waals surface area contributed by atoms with E-state index in [4.69, 9.17) is 4.42 Å². The predicted molar refractivity (Wildman–Crippen MR) is 114 cm³/mol. The van der Waals surface area contributed by atoms with Gasteiger partial charge < -0.3 is 14.6 Å². The number of alkyl halides is 2. The molecule has 10 heteroatoms. The van der Waals surface area contributed by atoms with E-state index >= 15 is 0 Å². The van der Waals surface area contributed by atoms with Crippen LogP contribution in [-0.2, 0) is 0 Å². The van der Waals surface area contributed by atoms with E-state index in [-0.39, 0.29) is 30.7 Å². The first kappa shape index (κ1) is 20.7. The molecule has 32 heavy (non-hydrogen) atoms. The maximum absolute atomic E-state index is 13.0. The van der Waals surface area contributed by atoms with Crippen molar-refractivity contribution in [2.24, 2.45) is 0 Å². The third-order valence-electron chi connectivity index (χ3n) is 6.21. The molecule has 3 aromatic heterocycles. The number of anilines is 1. The van der Waals surface area contributed by atoms with Crippen LogP contribution in [0.2, 0.25) is 0 Å². The first-order chi connectivity index (χ1) is 15.5. The molecule has 2 aliphatic rings. The standard InChI is InChI=1S/C22H24F2N6O2/c1-12-25-10-19(32-12)17-5-2-13-9-27-21(8-18(13)28-17)29-22(31)30-15-3-4-16(30)7-14(6-15)26-11-20(23)24/h2,5,8-10,14-16,20,26H,3-4,6-7,11H2,1H3,(H,27,29,31)/t14-,15-,16+. The maximum atomic E-state index is 13.0. The lowest BCUT2D eigenvalue weighted by atomic mass is 9.97. The van der Waals surface area contributed by atoms with Gasteiger partial charge in [0.25, 0.3) is 6.43 Å². The molecule has 3 aromatic rings. The molecular formula is C22H24F2N6O2. The molecule has 2 fully saturated rings. The van der Waals surface area contributed by atoms with Crippen LogP contribution in [0.5, 0.6) is 0 Å². The molecule has 2 N–H and O–H groups in total. The molecule has 2 bridgehead atoms. The number of hydrogen-bond donors (Lipinski definition) is 2. The fourth-order valence-corrected chi connectivity index (χ4v) is 4.81. The van der Waals surface area contributed by atoms with Gasteiger partial charge in [-0.3, -0.25) is 5.32 Å². The highest BCUT2D eigenvalue weighted by atomic mass is 19.3. The minimum absolute atomic E-state index is 0.0201. The summed E-state index contributed by atoms with van der Waals surface area (Å²) in [5.41, 5.74) is 1.33. The van der Waals surface area contributed by atoms with Crippen molar-refractivity contribution in [3.05, 3.63) is 36.5 Å². The Bertz CT molecular complexity index is 1120. The lowest BCUT2D eigenvalue weighted by Crippen LogP contribution is -2.53. The van der Waals surface area contributed by atoms with Gasteiger partial charge in [-0.2, -0.15) is 0 Å². The zero-order chi connectivity index (χ0) is 22.2. The summed E-state index contributed by atoms with van der Waals surface area (Å²) in [5.74, 6) is 1.55. The number of carbonyl (C=O) groups excluding carboxylic acids is 1. The molecule has 5 heterocycles. The minimum Gasteiger partial charge on any atom is -0.439 e. The van der Waals surface area contributed by atoms with Crippen molar-refractivity contribution in [3.63, 3.8) is 0 Å². The van der Waals surface area contributed by atoms with Gasteiger partial charge in [0.2, 0.25) is 0 Å². The largest absolute Gasteiger partial charge is 0.439 e. The average Bonchev–Trinajstić information content (AvgIpc) is 3.32. The number of fused-ring (bicyclic) bond motifs is 3. The van der Waals surface area contributed by atoms with Gasteiger partial charge in [-0.05, 0) is 37.8 Å². The van der Waals surface area contributed by atoms with E-state index in [1.165, 1.54) is 0 Å². The third-order valence-corrected chi connectivity index (χ3v) is 6.21. The van der Waals surface area contributed by atoms with E-state index in [2.05, 4.69) is 25.6 Å². The van der Waals surface area contributed by atoms with Crippen molar-refractivity contribution >= 4 is 22.8 Å².